The van der Waals surface area contributed by atoms with E-state index < -0.39 is 0 Å². The summed E-state index contributed by atoms with van der Waals surface area (Å²) in [4.78, 5) is 78.3. The summed E-state index contributed by atoms with van der Waals surface area (Å²) in [5, 5.41) is 34.0. The molecule has 8 aromatic heterocycles. The average molecular weight is 1860 g/mol. The number of carbonyl (C=O) groups excluding carboxylic acids is 4. The number of halogens is 4. The molecule has 4 aromatic carbocycles. The highest BCUT2D eigenvalue weighted by molar-refractivity contribution is 5.80. The van der Waals surface area contributed by atoms with Crippen molar-refractivity contribution in [3.05, 3.63) is 212 Å². The molecule has 712 valence electrons. The number of nitrogens with zero attached hydrogens (tertiary/aromatic N) is 21. The molecule has 5 fully saturated rings. The van der Waals surface area contributed by atoms with Crippen LogP contribution >= 0.6 is 0 Å². The van der Waals surface area contributed by atoms with E-state index in [-0.39, 0.29) is 89.7 Å². The molecular formula is C98H115F4N21O12. The Morgan fingerprint density at radius 2 is 0.689 bits per heavy atom. The minimum absolute atomic E-state index is 0.00526. The quantitative estimate of drug-likeness (QED) is 0.0325. The van der Waals surface area contributed by atoms with Crippen molar-refractivity contribution in [3.8, 4) is 23.0 Å². The van der Waals surface area contributed by atoms with Crippen molar-refractivity contribution in [3.63, 3.8) is 0 Å². The van der Waals surface area contributed by atoms with Crippen molar-refractivity contribution in [1.29, 1.82) is 0 Å². The van der Waals surface area contributed by atoms with Gasteiger partial charge in [-0.1, -0.05) is 13.8 Å². The maximum absolute atomic E-state index is 14.6. The number of amides is 4. The van der Waals surface area contributed by atoms with Gasteiger partial charge in [0.25, 0.3) is 0 Å². The van der Waals surface area contributed by atoms with Crippen LogP contribution in [0.5, 0.6) is 23.0 Å². The lowest BCUT2D eigenvalue weighted by molar-refractivity contribution is -0.151. The van der Waals surface area contributed by atoms with E-state index in [1.165, 1.54) is 31.4 Å². The van der Waals surface area contributed by atoms with E-state index in [4.69, 9.17) is 57.8 Å². The highest BCUT2D eigenvalue weighted by Gasteiger charge is 2.37. The van der Waals surface area contributed by atoms with E-state index in [0.717, 1.165) is 230 Å². The van der Waals surface area contributed by atoms with Gasteiger partial charge in [-0.05, 0) is 185 Å². The third kappa shape index (κ3) is 20.6. The maximum Gasteiger partial charge on any atom is 0.248 e. The predicted molar refractivity (Wildman–Crippen MR) is 486 cm³/mol. The van der Waals surface area contributed by atoms with Crippen LogP contribution in [-0.4, -0.2) is 279 Å². The number of likely N-dealkylation sites (tertiary alicyclic amines) is 4. The molecule has 5 saturated heterocycles. The van der Waals surface area contributed by atoms with E-state index >= 15 is 0 Å². The smallest absolute Gasteiger partial charge is 0.248 e. The first-order chi connectivity index (χ1) is 66.1. The molecule has 0 aliphatic carbocycles. The molecule has 135 heavy (non-hydrogen) atoms. The SMILES string of the molecule is CCN(CC)CC(=O)N1CCC(c2cnc(CCc3c(F)ccc4c3CCO4)n3cnnc23)CC1.COCC(=O)N1CCC(c2cnc(CCc3c(F)ccc4c3CCO4)n3cnnc23)CC1.COCCOCC(=O)N1CCC(c2cnc(CCc3c(F)ccc4c3CCO4)n3cnnc23)CC1.O=C(C1COC1)N1CCC(c2cnc(CCc3c(F)ccc4c3CCO4)n3cnnc23)CC1. The third-order valence-corrected chi connectivity index (χ3v) is 28.2. The summed E-state index contributed by atoms with van der Waals surface area (Å²) in [5.41, 5.74) is 14.1. The molecule has 4 amide bonds. The Morgan fingerprint density at radius 3 is 0.978 bits per heavy atom. The van der Waals surface area contributed by atoms with Crippen LogP contribution < -0.4 is 18.9 Å². The number of likely N-dealkylation sites (N-methyl/N-ethyl adjacent to an activating group) is 1. The van der Waals surface area contributed by atoms with E-state index in [1.54, 1.807) is 56.7 Å². The van der Waals surface area contributed by atoms with Crippen LogP contribution in [0.15, 0.2) is 98.6 Å². The number of methoxy groups -OCH3 is 2. The minimum Gasteiger partial charge on any atom is -0.493 e. The van der Waals surface area contributed by atoms with Gasteiger partial charge in [0, 0.05) is 187 Å². The van der Waals surface area contributed by atoms with Crippen LogP contribution in [0.25, 0.3) is 22.6 Å². The molecule has 0 atom stereocenters. The van der Waals surface area contributed by atoms with Crippen LogP contribution in [0.1, 0.15) is 179 Å². The van der Waals surface area contributed by atoms with Gasteiger partial charge in [0.05, 0.1) is 65.3 Å². The molecule has 33 nitrogen and oxygen atoms in total. The number of rotatable bonds is 28. The molecule has 37 heteroatoms. The number of hydrogen-bond acceptors (Lipinski definition) is 25. The molecule has 0 unspecified atom stereocenters. The summed E-state index contributed by atoms with van der Waals surface area (Å²) in [6.45, 7) is 16.7. The highest BCUT2D eigenvalue weighted by Crippen LogP contribution is 2.40. The summed E-state index contributed by atoms with van der Waals surface area (Å²) in [5.74, 6) is 7.18. The van der Waals surface area contributed by atoms with Gasteiger partial charge in [0.15, 0.2) is 22.6 Å². The Bertz CT molecular complexity index is 6210. The number of piperidine rings is 4. The van der Waals surface area contributed by atoms with Crippen LogP contribution in [-0.2, 0) is 115 Å². The molecule has 17 heterocycles. The number of aromatic nitrogens is 16. The average Bonchev–Trinajstić information content (AvgIpc) is 1.68. The van der Waals surface area contributed by atoms with Crippen molar-refractivity contribution in [2.45, 2.75) is 166 Å². The Hall–Kier alpha value is -12.3. The zero-order chi connectivity index (χ0) is 93.0. The molecule has 21 rings (SSSR count). The fourth-order valence-electron chi connectivity index (χ4n) is 20.4. The van der Waals surface area contributed by atoms with Crippen LogP contribution in [0.2, 0.25) is 0 Å². The van der Waals surface area contributed by atoms with Gasteiger partial charge < -0.3 is 57.5 Å². The van der Waals surface area contributed by atoms with Crippen LogP contribution in [0.3, 0.4) is 0 Å². The summed E-state index contributed by atoms with van der Waals surface area (Å²) in [7, 11) is 3.14. The highest BCUT2D eigenvalue weighted by atomic mass is 19.1. The Balaban J connectivity index is 0.000000120. The zero-order valence-electron chi connectivity index (χ0n) is 76.9. The van der Waals surface area contributed by atoms with Crippen molar-refractivity contribution >= 4 is 46.2 Å². The molecule has 0 N–H and O–H groups in total. The van der Waals surface area contributed by atoms with Gasteiger partial charge in [-0.2, -0.15) is 0 Å². The standard InChI is InChI=1S/C26H33FN6O2.C25H30FN5O4.C24H26FN5O3.C23H26FN5O3/c1-3-31(4-2)16-25(34)32-12-9-18(10-13-32)21-15-28-24(33-17-29-30-26(21)33)8-5-19-20-11-14-35-23(20)7-6-22(19)27;1-33-12-13-34-15-24(32)30-9-6-17(7-10-30)20-14-27-23(31-16-28-29-25(20)31)5-2-18-19-8-11-35-22(19)4-3-21(18)26;25-20-2-3-21-18(7-10-33-21)17(20)1-4-22-26-11-19(23-28-27-14-30(22)23)15-5-8-29(9-6-15)24(31)16-12-32-13-16;1-31-13-22(30)28-9-6-15(7-10-28)18-12-25-21(29-14-26-27-23(18)29)5-2-16-17-8-11-32-20(17)4-3-19(16)24/h6-7,15,17-18H,3-5,8-14,16H2,1-2H3;3-4,14,16-17H,2,5-13,15H2,1H3;2-3,11,14-16H,1,4-10,12-13H2;3-4,12,14-15H,2,5-11,13H2,1H3. The van der Waals surface area contributed by atoms with Crippen molar-refractivity contribution in [1.82, 2.24) is 103 Å². The predicted octanol–water partition coefficient (Wildman–Crippen LogP) is 10.1. The fourth-order valence-corrected chi connectivity index (χ4v) is 20.4. The Labute approximate surface area is 779 Å². The number of hydrogen-bond donors (Lipinski definition) is 0. The van der Waals surface area contributed by atoms with E-state index in [1.807, 2.05) is 62.0 Å². The summed E-state index contributed by atoms with van der Waals surface area (Å²) in [6.07, 6.45) is 28.6. The second-order valence-corrected chi connectivity index (χ2v) is 35.8. The molecule has 9 aliphatic rings. The largest absolute Gasteiger partial charge is 0.493 e. The number of fused-ring (bicyclic) bond motifs is 8. The first kappa shape index (κ1) is 93.1. The maximum atomic E-state index is 14.6. The van der Waals surface area contributed by atoms with E-state index in [9.17, 15) is 36.7 Å². The van der Waals surface area contributed by atoms with E-state index in [0.29, 0.717) is 159 Å². The monoisotopic (exact) mass is 1850 g/mol. The molecule has 0 bridgehead atoms. The second kappa shape index (κ2) is 43.1. The zero-order valence-corrected chi connectivity index (χ0v) is 76.9. The van der Waals surface area contributed by atoms with Crippen LogP contribution in [0, 0.1) is 29.2 Å². The lowest BCUT2D eigenvalue weighted by Crippen LogP contribution is -2.47. The fraction of sp³-hybridized carbons (Fsp3) is 0.510. The lowest BCUT2D eigenvalue weighted by atomic mass is 9.90. The molecule has 0 radical (unpaired) electrons. The van der Waals surface area contributed by atoms with Gasteiger partial charge in [0.2, 0.25) is 23.6 Å². The summed E-state index contributed by atoms with van der Waals surface area (Å²) < 4.78 is 109. The molecule has 0 saturated carbocycles. The number of ether oxygens (including phenoxy) is 8. The molecule has 0 spiro atoms. The second-order valence-electron chi connectivity index (χ2n) is 35.8. The van der Waals surface area contributed by atoms with Crippen molar-refractivity contribution in [2.75, 3.05) is 152 Å². The lowest BCUT2D eigenvalue weighted by Gasteiger charge is -2.36. The van der Waals surface area contributed by atoms with Gasteiger partial charge in [-0.15, -0.1) is 40.8 Å². The summed E-state index contributed by atoms with van der Waals surface area (Å²) in [6, 6.07) is 12.8. The number of benzene rings is 4. The first-order valence-corrected chi connectivity index (χ1v) is 47.5. The van der Waals surface area contributed by atoms with Crippen molar-refractivity contribution < 1.29 is 74.6 Å². The van der Waals surface area contributed by atoms with E-state index in [2.05, 4.69) is 59.5 Å². The molecular weight excluding hydrogens is 1740 g/mol. The van der Waals surface area contributed by atoms with Crippen LogP contribution in [0.4, 0.5) is 17.6 Å². The van der Waals surface area contributed by atoms with Gasteiger partial charge >= 0.3 is 0 Å². The molecule has 9 aliphatic heterocycles. The minimum atomic E-state index is -0.198. The van der Waals surface area contributed by atoms with Gasteiger partial charge in [-0.3, -0.25) is 41.7 Å². The number of aryl methyl sites for hydroxylation is 4. The van der Waals surface area contributed by atoms with Crippen molar-refractivity contribution in [2.24, 2.45) is 5.92 Å². The van der Waals surface area contributed by atoms with Gasteiger partial charge in [-0.25, -0.2) is 37.5 Å². The Kier molecular flexibility index (Phi) is 29.7. The first-order valence-electron chi connectivity index (χ1n) is 47.5. The van der Waals surface area contributed by atoms with Gasteiger partial charge in [0.1, 0.15) is 108 Å². The normalized spacial score (nSPS) is 16.8. The summed E-state index contributed by atoms with van der Waals surface area (Å²) >= 11 is 0. The molecule has 12 aromatic rings. The third-order valence-electron chi connectivity index (χ3n) is 28.2. The Morgan fingerprint density at radius 1 is 0.385 bits per heavy atom. The topological polar surface area (TPSA) is 331 Å². The number of carbonyl (C=O) groups is 4.